The normalized spacial score (nSPS) is 47.4. The molecule has 2 heteroatoms. The molecule has 0 amide bonds. The molecule has 8 atom stereocenters. The van der Waals surface area contributed by atoms with Gasteiger partial charge in [0, 0.05) is 6.61 Å². The van der Waals surface area contributed by atoms with E-state index >= 15 is 0 Å². The first-order valence-corrected chi connectivity index (χ1v) is 12.8. The van der Waals surface area contributed by atoms with Crippen molar-refractivity contribution in [1.29, 1.82) is 0 Å². The Morgan fingerprint density at radius 3 is 2.25 bits per heavy atom. The second-order valence-electron chi connectivity index (χ2n) is 11.0. The van der Waals surface area contributed by atoms with E-state index in [2.05, 4.69) is 13.8 Å². The maximum atomic E-state index is 10.2. The van der Waals surface area contributed by atoms with Gasteiger partial charge in [0.1, 0.15) is 0 Å². The molecule has 0 saturated heterocycles. The summed E-state index contributed by atoms with van der Waals surface area (Å²) in [6.45, 7) is 9.61. The van der Waals surface area contributed by atoms with E-state index in [9.17, 15) is 5.11 Å². The average Bonchev–Trinajstić information content (AvgIpc) is 3.04. The maximum Gasteiger partial charge on any atom is 0.0543 e. The molecule has 2 nitrogen and oxygen atoms in total. The Labute approximate surface area is 174 Å². The molecule has 0 aromatic rings. The van der Waals surface area contributed by atoms with Crippen LogP contribution in [0, 0.1) is 40.4 Å². The number of rotatable bonds is 5. The van der Waals surface area contributed by atoms with Gasteiger partial charge in [-0.2, -0.15) is 0 Å². The lowest BCUT2D eigenvalue weighted by molar-refractivity contribution is -0.127. The third-order valence-corrected chi connectivity index (χ3v) is 10.0. The van der Waals surface area contributed by atoms with E-state index in [1.54, 1.807) is 0 Å². The zero-order valence-corrected chi connectivity index (χ0v) is 19.3. The van der Waals surface area contributed by atoms with Crippen LogP contribution in [0.15, 0.2) is 0 Å². The quantitative estimate of drug-likeness (QED) is 0.518. The molecule has 4 aliphatic rings. The summed E-state index contributed by atoms with van der Waals surface area (Å²) in [6.07, 6.45) is 17.0. The van der Waals surface area contributed by atoms with E-state index in [-0.39, 0.29) is 6.10 Å². The lowest BCUT2D eigenvalue weighted by Crippen LogP contribution is -2.53. The van der Waals surface area contributed by atoms with Crippen molar-refractivity contribution in [1.82, 2.24) is 0 Å². The van der Waals surface area contributed by atoms with E-state index in [1.807, 2.05) is 13.8 Å². The fourth-order valence-electron chi connectivity index (χ4n) is 8.50. The Hall–Kier alpha value is -0.0800. The highest BCUT2D eigenvalue weighted by Gasteiger charge is 2.59. The van der Waals surface area contributed by atoms with Crippen LogP contribution in [0.5, 0.6) is 0 Å². The average molecular weight is 393 g/mol. The van der Waals surface area contributed by atoms with Gasteiger partial charge in [0.2, 0.25) is 0 Å². The molecule has 0 aliphatic heterocycles. The van der Waals surface area contributed by atoms with Gasteiger partial charge in [0.25, 0.3) is 0 Å². The molecule has 28 heavy (non-hydrogen) atoms. The molecule has 164 valence electrons. The molecule has 0 spiro atoms. The Morgan fingerprint density at radius 1 is 0.786 bits per heavy atom. The van der Waals surface area contributed by atoms with E-state index in [0.29, 0.717) is 17.4 Å². The number of aliphatic hydroxyl groups is 2. The second-order valence-corrected chi connectivity index (χ2v) is 11.0. The molecular weight excluding hydrogens is 344 g/mol. The standard InChI is InChI=1S/C24H42O2.C2H6/c1-23-14-12-22-20(9-7-18-16-19(26)11-13-24(18,22)2)21(23)10-8-17(23)6-4-3-5-15-25;1-2/h17-22,25-26H,3-16H2,1-2H3;1-2H3/t17-,18?,19-,20-,21?,22?,23?,24-;/m0./s1. The van der Waals surface area contributed by atoms with Crippen LogP contribution in [-0.2, 0) is 0 Å². The highest BCUT2D eigenvalue weighted by Crippen LogP contribution is 2.67. The summed E-state index contributed by atoms with van der Waals surface area (Å²) in [5.41, 5.74) is 1.11. The molecule has 0 bridgehead atoms. The Balaban J connectivity index is 0.00000109. The summed E-state index contributed by atoms with van der Waals surface area (Å²) < 4.78 is 0. The number of unbranched alkanes of at least 4 members (excludes halogenated alkanes) is 2. The van der Waals surface area contributed by atoms with E-state index < -0.39 is 0 Å². The molecule has 0 aromatic carbocycles. The maximum absolute atomic E-state index is 10.2. The minimum absolute atomic E-state index is 0.0201. The molecule has 0 aromatic heterocycles. The number of aliphatic hydroxyl groups excluding tert-OH is 2. The van der Waals surface area contributed by atoms with E-state index in [1.165, 1.54) is 64.2 Å². The van der Waals surface area contributed by atoms with Crippen LogP contribution in [0.1, 0.15) is 111 Å². The van der Waals surface area contributed by atoms with Gasteiger partial charge in [0.05, 0.1) is 6.10 Å². The smallest absolute Gasteiger partial charge is 0.0543 e. The number of hydrogen-bond donors (Lipinski definition) is 2. The molecule has 0 radical (unpaired) electrons. The molecule has 0 heterocycles. The first kappa shape index (κ1) is 22.6. The van der Waals surface area contributed by atoms with Crippen LogP contribution in [0.2, 0.25) is 0 Å². The van der Waals surface area contributed by atoms with E-state index in [0.717, 1.165) is 48.9 Å². The van der Waals surface area contributed by atoms with Crippen LogP contribution < -0.4 is 0 Å². The van der Waals surface area contributed by atoms with E-state index in [4.69, 9.17) is 5.11 Å². The molecule has 2 N–H and O–H groups in total. The zero-order valence-electron chi connectivity index (χ0n) is 19.3. The van der Waals surface area contributed by atoms with Gasteiger partial charge >= 0.3 is 0 Å². The fraction of sp³-hybridized carbons (Fsp3) is 1.00. The Kier molecular flexibility index (Phi) is 7.57. The summed E-state index contributed by atoms with van der Waals surface area (Å²) in [7, 11) is 0. The Morgan fingerprint density at radius 2 is 1.50 bits per heavy atom. The summed E-state index contributed by atoms with van der Waals surface area (Å²) in [6, 6.07) is 0. The summed E-state index contributed by atoms with van der Waals surface area (Å²) in [5, 5.41) is 19.2. The predicted molar refractivity (Wildman–Crippen MR) is 118 cm³/mol. The monoisotopic (exact) mass is 392 g/mol. The summed E-state index contributed by atoms with van der Waals surface area (Å²) in [5.74, 6) is 4.58. The molecule has 4 rings (SSSR count). The van der Waals surface area contributed by atoms with Crippen molar-refractivity contribution >= 4 is 0 Å². The molecular formula is C26H48O2. The van der Waals surface area contributed by atoms with Crippen LogP contribution in [0.3, 0.4) is 0 Å². The van der Waals surface area contributed by atoms with Crippen LogP contribution in [-0.4, -0.2) is 22.9 Å². The third kappa shape index (κ3) is 3.94. The van der Waals surface area contributed by atoms with Gasteiger partial charge in [-0.05, 0) is 111 Å². The predicted octanol–water partition coefficient (Wildman–Crippen LogP) is 6.59. The van der Waals surface area contributed by atoms with Crippen molar-refractivity contribution in [3.8, 4) is 0 Å². The first-order valence-electron chi connectivity index (χ1n) is 12.8. The van der Waals surface area contributed by atoms with Gasteiger partial charge in [-0.15, -0.1) is 0 Å². The van der Waals surface area contributed by atoms with Crippen molar-refractivity contribution in [2.75, 3.05) is 6.61 Å². The van der Waals surface area contributed by atoms with Gasteiger partial charge in [-0.25, -0.2) is 0 Å². The van der Waals surface area contributed by atoms with Gasteiger partial charge < -0.3 is 10.2 Å². The van der Waals surface area contributed by atoms with Crippen molar-refractivity contribution < 1.29 is 10.2 Å². The van der Waals surface area contributed by atoms with Crippen molar-refractivity contribution in [3.05, 3.63) is 0 Å². The Bertz CT molecular complexity index is 491. The van der Waals surface area contributed by atoms with Crippen molar-refractivity contribution in [2.24, 2.45) is 40.4 Å². The highest BCUT2D eigenvalue weighted by atomic mass is 16.3. The molecule has 4 fully saturated rings. The van der Waals surface area contributed by atoms with Crippen molar-refractivity contribution in [3.63, 3.8) is 0 Å². The van der Waals surface area contributed by atoms with Crippen LogP contribution in [0.25, 0.3) is 0 Å². The van der Waals surface area contributed by atoms with Gasteiger partial charge in [-0.1, -0.05) is 40.5 Å². The lowest BCUT2D eigenvalue weighted by atomic mass is 9.44. The van der Waals surface area contributed by atoms with Gasteiger partial charge in [-0.3, -0.25) is 0 Å². The van der Waals surface area contributed by atoms with Crippen LogP contribution in [0.4, 0.5) is 0 Å². The number of fused-ring (bicyclic) bond motifs is 5. The summed E-state index contributed by atoms with van der Waals surface area (Å²) >= 11 is 0. The highest BCUT2D eigenvalue weighted by molar-refractivity contribution is 5.09. The zero-order chi connectivity index (χ0) is 20.4. The van der Waals surface area contributed by atoms with Gasteiger partial charge in [0.15, 0.2) is 0 Å². The minimum Gasteiger partial charge on any atom is -0.396 e. The topological polar surface area (TPSA) is 40.5 Å². The lowest BCUT2D eigenvalue weighted by Gasteiger charge is -2.61. The largest absolute Gasteiger partial charge is 0.396 e. The second kappa shape index (κ2) is 9.38. The SMILES string of the molecule is CC.CC12CCC3[C@@H](CCC4C[C@@H](O)CC[C@@]43C)C1CC[C@@H]2CCCCCO. The number of hydrogen-bond acceptors (Lipinski definition) is 2. The third-order valence-electron chi connectivity index (χ3n) is 10.0. The minimum atomic E-state index is -0.0201. The molecule has 4 saturated carbocycles. The van der Waals surface area contributed by atoms with Crippen molar-refractivity contribution in [2.45, 2.75) is 117 Å². The summed E-state index contributed by atoms with van der Waals surface area (Å²) in [4.78, 5) is 0. The molecule has 4 aliphatic carbocycles. The first-order chi connectivity index (χ1) is 13.5. The fourth-order valence-corrected chi connectivity index (χ4v) is 8.50. The molecule has 4 unspecified atom stereocenters. The van der Waals surface area contributed by atoms with Crippen LogP contribution >= 0.6 is 0 Å².